The van der Waals surface area contributed by atoms with E-state index in [-0.39, 0.29) is 0 Å². The fraction of sp³-hybridized carbons (Fsp3) is 0.625. The standard InChI is InChI=1S/C16H27BrN2/c1-2-3-4-5-6-7-8-9-12-19-16-11-10-14(18)13-15(16)17/h10-11,13,19H,2-9,12,18H2,1H3. The number of hydrogen-bond donors (Lipinski definition) is 2. The van der Waals surface area contributed by atoms with Crippen LogP contribution in [0.4, 0.5) is 11.4 Å². The van der Waals surface area contributed by atoms with Gasteiger partial charge in [0, 0.05) is 22.4 Å². The maximum Gasteiger partial charge on any atom is 0.0486 e. The van der Waals surface area contributed by atoms with Crippen molar-refractivity contribution < 1.29 is 0 Å². The average molecular weight is 327 g/mol. The molecule has 0 saturated carbocycles. The summed E-state index contributed by atoms with van der Waals surface area (Å²) in [7, 11) is 0. The second kappa shape index (κ2) is 10.1. The van der Waals surface area contributed by atoms with Crippen molar-refractivity contribution >= 4 is 27.3 Å². The number of benzene rings is 1. The fourth-order valence-electron chi connectivity index (χ4n) is 2.16. The van der Waals surface area contributed by atoms with E-state index in [0.29, 0.717) is 0 Å². The maximum atomic E-state index is 5.71. The highest BCUT2D eigenvalue weighted by molar-refractivity contribution is 9.10. The monoisotopic (exact) mass is 326 g/mol. The van der Waals surface area contributed by atoms with Crippen LogP contribution in [-0.4, -0.2) is 6.54 Å². The van der Waals surface area contributed by atoms with E-state index >= 15 is 0 Å². The van der Waals surface area contributed by atoms with E-state index in [0.717, 1.165) is 22.4 Å². The van der Waals surface area contributed by atoms with E-state index in [1.807, 2.05) is 18.2 Å². The highest BCUT2D eigenvalue weighted by atomic mass is 79.9. The molecule has 0 saturated heterocycles. The lowest BCUT2D eigenvalue weighted by molar-refractivity contribution is 0.581. The molecular weight excluding hydrogens is 300 g/mol. The smallest absolute Gasteiger partial charge is 0.0486 e. The van der Waals surface area contributed by atoms with Crippen LogP contribution < -0.4 is 11.1 Å². The topological polar surface area (TPSA) is 38.0 Å². The van der Waals surface area contributed by atoms with Crippen LogP contribution in [0.1, 0.15) is 58.3 Å². The van der Waals surface area contributed by atoms with Crippen molar-refractivity contribution in [2.75, 3.05) is 17.6 Å². The largest absolute Gasteiger partial charge is 0.399 e. The summed E-state index contributed by atoms with van der Waals surface area (Å²) in [5, 5.41) is 3.45. The lowest BCUT2D eigenvalue weighted by Crippen LogP contribution is -2.02. The molecule has 0 spiro atoms. The molecule has 0 heterocycles. The summed E-state index contributed by atoms with van der Waals surface area (Å²) in [6.45, 7) is 3.30. The van der Waals surface area contributed by atoms with Gasteiger partial charge in [-0.25, -0.2) is 0 Å². The van der Waals surface area contributed by atoms with Crippen LogP contribution >= 0.6 is 15.9 Å². The number of nitrogens with two attached hydrogens (primary N) is 1. The van der Waals surface area contributed by atoms with Crippen LogP contribution in [0.25, 0.3) is 0 Å². The second-order valence-corrected chi connectivity index (χ2v) is 6.00. The van der Waals surface area contributed by atoms with E-state index in [1.54, 1.807) is 0 Å². The fourth-order valence-corrected chi connectivity index (χ4v) is 2.69. The summed E-state index contributed by atoms with van der Waals surface area (Å²) in [4.78, 5) is 0. The molecule has 0 aromatic heterocycles. The molecule has 3 N–H and O–H groups in total. The van der Waals surface area contributed by atoms with E-state index in [4.69, 9.17) is 5.73 Å². The summed E-state index contributed by atoms with van der Waals surface area (Å²) >= 11 is 3.52. The SMILES string of the molecule is CCCCCCCCCCNc1ccc(N)cc1Br. The summed E-state index contributed by atoms with van der Waals surface area (Å²) < 4.78 is 1.05. The van der Waals surface area contributed by atoms with Crippen molar-refractivity contribution in [2.24, 2.45) is 0 Å². The van der Waals surface area contributed by atoms with Gasteiger partial charge in [0.25, 0.3) is 0 Å². The number of hydrogen-bond acceptors (Lipinski definition) is 2. The molecule has 0 aliphatic rings. The third-order valence-corrected chi connectivity index (χ3v) is 4.00. The minimum absolute atomic E-state index is 0.796. The first-order chi connectivity index (χ1) is 9.24. The van der Waals surface area contributed by atoms with Gasteiger partial charge in [-0.05, 0) is 40.5 Å². The van der Waals surface area contributed by atoms with Gasteiger partial charge in [0.05, 0.1) is 0 Å². The molecule has 0 amide bonds. The summed E-state index contributed by atoms with van der Waals surface area (Å²) in [5.74, 6) is 0. The molecule has 3 heteroatoms. The number of nitrogen functional groups attached to an aromatic ring is 1. The van der Waals surface area contributed by atoms with Gasteiger partial charge in [0.2, 0.25) is 0 Å². The van der Waals surface area contributed by atoms with Gasteiger partial charge < -0.3 is 11.1 Å². The molecule has 0 aliphatic heterocycles. The van der Waals surface area contributed by atoms with Gasteiger partial charge in [-0.3, -0.25) is 0 Å². The highest BCUT2D eigenvalue weighted by Gasteiger charge is 1.99. The Morgan fingerprint density at radius 1 is 1.00 bits per heavy atom. The summed E-state index contributed by atoms with van der Waals surface area (Å²) in [6, 6.07) is 5.90. The molecule has 0 radical (unpaired) electrons. The Hall–Kier alpha value is -0.700. The Balaban J connectivity index is 2.01. The van der Waals surface area contributed by atoms with Crippen molar-refractivity contribution in [1.29, 1.82) is 0 Å². The normalized spacial score (nSPS) is 10.6. The Morgan fingerprint density at radius 2 is 1.63 bits per heavy atom. The zero-order chi connectivity index (χ0) is 13.9. The van der Waals surface area contributed by atoms with Crippen molar-refractivity contribution in [3.8, 4) is 0 Å². The molecule has 2 nitrogen and oxygen atoms in total. The van der Waals surface area contributed by atoms with Crippen LogP contribution in [0.2, 0.25) is 0 Å². The molecule has 108 valence electrons. The zero-order valence-corrected chi connectivity index (χ0v) is 13.6. The predicted molar refractivity (Wildman–Crippen MR) is 89.7 cm³/mol. The van der Waals surface area contributed by atoms with E-state index < -0.39 is 0 Å². The minimum atomic E-state index is 0.796. The lowest BCUT2D eigenvalue weighted by atomic mass is 10.1. The molecule has 1 aromatic carbocycles. The molecule has 0 atom stereocenters. The maximum absolute atomic E-state index is 5.71. The molecule has 0 fully saturated rings. The minimum Gasteiger partial charge on any atom is -0.399 e. The van der Waals surface area contributed by atoms with Crippen LogP contribution in [0.15, 0.2) is 22.7 Å². The third kappa shape index (κ3) is 7.46. The summed E-state index contributed by atoms with van der Waals surface area (Å²) in [6.07, 6.45) is 10.9. The number of anilines is 2. The first-order valence-corrected chi connectivity index (χ1v) is 8.32. The number of rotatable bonds is 10. The third-order valence-electron chi connectivity index (χ3n) is 3.34. The van der Waals surface area contributed by atoms with Crippen molar-refractivity contribution in [3.63, 3.8) is 0 Å². The molecule has 0 aliphatic carbocycles. The number of unbranched alkanes of at least 4 members (excludes halogenated alkanes) is 7. The Kier molecular flexibility index (Phi) is 8.72. The van der Waals surface area contributed by atoms with Crippen LogP contribution in [-0.2, 0) is 0 Å². The molecule has 1 aromatic rings. The van der Waals surface area contributed by atoms with Gasteiger partial charge in [0.15, 0.2) is 0 Å². The van der Waals surface area contributed by atoms with Gasteiger partial charge in [0.1, 0.15) is 0 Å². The van der Waals surface area contributed by atoms with Gasteiger partial charge >= 0.3 is 0 Å². The van der Waals surface area contributed by atoms with Crippen LogP contribution in [0.5, 0.6) is 0 Å². The Bertz CT molecular complexity index is 353. The first kappa shape index (κ1) is 16.4. The Morgan fingerprint density at radius 3 is 2.26 bits per heavy atom. The first-order valence-electron chi connectivity index (χ1n) is 7.53. The zero-order valence-electron chi connectivity index (χ0n) is 12.1. The van der Waals surface area contributed by atoms with Crippen molar-refractivity contribution in [3.05, 3.63) is 22.7 Å². The molecule has 19 heavy (non-hydrogen) atoms. The number of halogens is 1. The van der Waals surface area contributed by atoms with Crippen LogP contribution in [0, 0.1) is 0 Å². The van der Waals surface area contributed by atoms with Crippen molar-refractivity contribution in [2.45, 2.75) is 58.3 Å². The van der Waals surface area contributed by atoms with E-state index in [2.05, 4.69) is 28.2 Å². The van der Waals surface area contributed by atoms with Crippen LogP contribution in [0.3, 0.4) is 0 Å². The summed E-state index contributed by atoms with van der Waals surface area (Å²) in [5.41, 5.74) is 7.65. The second-order valence-electron chi connectivity index (χ2n) is 5.14. The van der Waals surface area contributed by atoms with Gasteiger partial charge in [-0.1, -0.05) is 51.9 Å². The van der Waals surface area contributed by atoms with Gasteiger partial charge in [-0.15, -0.1) is 0 Å². The average Bonchev–Trinajstić information content (AvgIpc) is 2.39. The molecular formula is C16H27BrN2. The van der Waals surface area contributed by atoms with E-state index in [9.17, 15) is 0 Å². The molecule has 1 rings (SSSR count). The molecule has 0 unspecified atom stereocenters. The Labute approximate surface area is 126 Å². The highest BCUT2D eigenvalue weighted by Crippen LogP contribution is 2.24. The van der Waals surface area contributed by atoms with E-state index in [1.165, 1.54) is 51.4 Å². The quantitative estimate of drug-likeness (QED) is 0.434. The lowest BCUT2D eigenvalue weighted by Gasteiger charge is -2.09. The van der Waals surface area contributed by atoms with Gasteiger partial charge in [-0.2, -0.15) is 0 Å². The van der Waals surface area contributed by atoms with Crippen molar-refractivity contribution in [1.82, 2.24) is 0 Å². The predicted octanol–water partition coefficient (Wildman–Crippen LogP) is 5.58. The number of nitrogens with one attached hydrogen (secondary N) is 1. The molecule has 0 bridgehead atoms.